The molecule has 154 valence electrons. The van der Waals surface area contributed by atoms with Gasteiger partial charge in [0, 0.05) is 13.1 Å². The molecule has 0 aliphatic heterocycles. The van der Waals surface area contributed by atoms with Gasteiger partial charge in [0.25, 0.3) is 0 Å². The fourth-order valence-corrected chi connectivity index (χ4v) is 4.80. The van der Waals surface area contributed by atoms with Crippen molar-refractivity contribution >= 4 is 20.0 Å². The molecule has 2 N–H and O–H groups in total. The lowest BCUT2D eigenvalue weighted by molar-refractivity contribution is 0.545. The first-order valence-corrected chi connectivity index (χ1v) is 11.7. The van der Waals surface area contributed by atoms with E-state index in [0.717, 1.165) is 12.1 Å². The molecular weight excluding hydrogens is 410 g/mol. The molecule has 0 radical (unpaired) electrons. The minimum absolute atomic E-state index is 0.150. The summed E-state index contributed by atoms with van der Waals surface area (Å²) in [6, 6.07) is 10.3. The maximum Gasteiger partial charge on any atom is 0.243 e. The monoisotopic (exact) mass is 432 g/mol. The summed E-state index contributed by atoms with van der Waals surface area (Å²) in [5.74, 6) is -1.62. The van der Waals surface area contributed by atoms with E-state index in [1.54, 1.807) is 0 Å². The zero-order valence-electron chi connectivity index (χ0n) is 15.1. The van der Waals surface area contributed by atoms with Gasteiger partial charge in [0.2, 0.25) is 20.0 Å². The average molecular weight is 433 g/mol. The number of unbranched alkanes of at least 4 members (excludes halogenated alkanes) is 3. The predicted molar refractivity (Wildman–Crippen MR) is 102 cm³/mol. The zero-order valence-corrected chi connectivity index (χ0v) is 16.7. The van der Waals surface area contributed by atoms with Crippen LogP contribution in [0.3, 0.4) is 0 Å². The van der Waals surface area contributed by atoms with Crippen LogP contribution in [-0.4, -0.2) is 29.9 Å². The molecule has 0 aromatic heterocycles. The van der Waals surface area contributed by atoms with Crippen LogP contribution in [0.4, 0.5) is 8.78 Å². The molecule has 0 spiro atoms. The van der Waals surface area contributed by atoms with Crippen molar-refractivity contribution in [3.05, 3.63) is 60.2 Å². The molecule has 0 unspecified atom stereocenters. The maximum atomic E-state index is 13.5. The summed E-state index contributed by atoms with van der Waals surface area (Å²) in [4.78, 5) is -0.782. The highest BCUT2D eigenvalue weighted by Crippen LogP contribution is 2.14. The molecule has 0 aliphatic carbocycles. The molecule has 0 saturated carbocycles. The lowest BCUT2D eigenvalue weighted by Crippen LogP contribution is -2.26. The van der Waals surface area contributed by atoms with Gasteiger partial charge in [-0.2, -0.15) is 0 Å². The second-order valence-corrected chi connectivity index (χ2v) is 9.54. The van der Waals surface area contributed by atoms with Crippen molar-refractivity contribution in [1.82, 2.24) is 9.44 Å². The first kappa shape index (κ1) is 22.4. The van der Waals surface area contributed by atoms with Crippen LogP contribution in [-0.2, 0) is 20.0 Å². The molecule has 0 atom stereocenters. The predicted octanol–water partition coefficient (Wildman–Crippen LogP) is 2.78. The lowest BCUT2D eigenvalue weighted by Gasteiger charge is -2.08. The van der Waals surface area contributed by atoms with E-state index in [2.05, 4.69) is 9.44 Å². The van der Waals surface area contributed by atoms with Gasteiger partial charge in [-0.3, -0.25) is 0 Å². The Balaban J connectivity index is 1.66. The Labute approximate surface area is 164 Å². The Hall–Kier alpha value is -1.88. The van der Waals surface area contributed by atoms with E-state index in [1.807, 2.05) is 0 Å². The number of benzene rings is 2. The number of halogens is 2. The van der Waals surface area contributed by atoms with Crippen molar-refractivity contribution < 1.29 is 25.6 Å². The highest BCUT2D eigenvalue weighted by atomic mass is 32.2. The van der Waals surface area contributed by atoms with Gasteiger partial charge in [-0.05, 0) is 37.1 Å². The first-order valence-electron chi connectivity index (χ1n) is 8.72. The summed E-state index contributed by atoms with van der Waals surface area (Å²) < 4.78 is 79.8. The minimum Gasteiger partial charge on any atom is -0.211 e. The average Bonchev–Trinajstić information content (AvgIpc) is 2.64. The Morgan fingerprint density at radius 1 is 0.607 bits per heavy atom. The molecule has 28 heavy (non-hydrogen) atoms. The first-order chi connectivity index (χ1) is 13.2. The van der Waals surface area contributed by atoms with E-state index in [1.165, 1.54) is 36.4 Å². The van der Waals surface area contributed by atoms with Crippen LogP contribution in [0.15, 0.2) is 58.3 Å². The Morgan fingerprint density at radius 3 is 1.32 bits per heavy atom. The van der Waals surface area contributed by atoms with Crippen LogP contribution >= 0.6 is 0 Å². The Morgan fingerprint density at radius 2 is 0.964 bits per heavy atom. The molecule has 0 fully saturated rings. The third kappa shape index (κ3) is 6.33. The van der Waals surface area contributed by atoms with Crippen LogP contribution in [0.5, 0.6) is 0 Å². The minimum atomic E-state index is -3.89. The highest BCUT2D eigenvalue weighted by molar-refractivity contribution is 7.89. The third-order valence-corrected chi connectivity index (χ3v) is 6.93. The summed E-state index contributed by atoms with van der Waals surface area (Å²) in [6.07, 6.45) is 2.35. The van der Waals surface area contributed by atoms with Crippen molar-refractivity contribution in [2.24, 2.45) is 0 Å². The van der Waals surface area contributed by atoms with E-state index in [4.69, 9.17) is 0 Å². The van der Waals surface area contributed by atoms with Crippen molar-refractivity contribution in [3.63, 3.8) is 0 Å². The molecular formula is C18H22F2N2O4S2. The third-order valence-electron chi connectivity index (χ3n) is 3.94. The summed E-state index contributed by atoms with van der Waals surface area (Å²) >= 11 is 0. The summed E-state index contributed by atoms with van der Waals surface area (Å²) in [5, 5.41) is 0. The smallest absolute Gasteiger partial charge is 0.211 e. The molecule has 2 aromatic carbocycles. The lowest BCUT2D eigenvalue weighted by atomic mass is 10.2. The van der Waals surface area contributed by atoms with E-state index in [0.29, 0.717) is 25.7 Å². The van der Waals surface area contributed by atoms with Gasteiger partial charge < -0.3 is 0 Å². The topological polar surface area (TPSA) is 92.3 Å². The van der Waals surface area contributed by atoms with Crippen molar-refractivity contribution in [3.8, 4) is 0 Å². The van der Waals surface area contributed by atoms with Crippen LogP contribution in [0, 0.1) is 11.6 Å². The second-order valence-electron chi connectivity index (χ2n) is 6.07. The van der Waals surface area contributed by atoms with Crippen LogP contribution in [0.1, 0.15) is 25.7 Å². The van der Waals surface area contributed by atoms with Gasteiger partial charge in [-0.15, -0.1) is 0 Å². The molecule has 0 saturated heterocycles. The van der Waals surface area contributed by atoms with E-state index >= 15 is 0 Å². The molecule has 2 aromatic rings. The summed E-state index contributed by atoms with van der Waals surface area (Å²) in [7, 11) is -7.79. The van der Waals surface area contributed by atoms with Gasteiger partial charge >= 0.3 is 0 Å². The maximum absolute atomic E-state index is 13.5. The molecule has 0 aliphatic rings. The van der Waals surface area contributed by atoms with Gasteiger partial charge in [0.15, 0.2) is 0 Å². The normalized spacial score (nSPS) is 12.2. The molecule has 2 rings (SSSR count). The SMILES string of the molecule is O=S(=O)(NCCCCCCNS(=O)(=O)c1ccccc1F)c1ccccc1F. The quantitative estimate of drug-likeness (QED) is 0.534. The molecule has 0 heterocycles. The van der Waals surface area contributed by atoms with E-state index < -0.39 is 41.5 Å². The second kappa shape index (κ2) is 10.1. The summed E-state index contributed by atoms with van der Waals surface area (Å²) in [5.41, 5.74) is 0. The van der Waals surface area contributed by atoms with Crippen molar-refractivity contribution in [2.45, 2.75) is 35.5 Å². The fraction of sp³-hybridized carbons (Fsp3) is 0.333. The molecule has 0 amide bonds. The number of nitrogens with one attached hydrogen (secondary N) is 2. The van der Waals surface area contributed by atoms with Gasteiger partial charge in [-0.1, -0.05) is 37.1 Å². The van der Waals surface area contributed by atoms with Crippen LogP contribution in [0.2, 0.25) is 0 Å². The van der Waals surface area contributed by atoms with Crippen LogP contribution < -0.4 is 9.44 Å². The zero-order chi connectivity index (χ0) is 20.6. The van der Waals surface area contributed by atoms with E-state index in [-0.39, 0.29) is 13.1 Å². The van der Waals surface area contributed by atoms with E-state index in [9.17, 15) is 25.6 Å². The highest BCUT2D eigenvalue weighted by Gasteiger charge is 2.18. The van der Waals surface area contributed by atoms with Crippen LogP contribution in [0.25, 0.3) is 0 Å². The number of hydrogen-bond donors (Lipinski definition) is 2. The molecule has 10 heteroatoms. The van der Waals surface area contributed by atoms with Crippen molar-refractivity contribution in [2.75, 3.05) is 13.1 Å². The Bertz CT molecular complexity index is 915. The van der Waals surface area contributed by atoms with Gasteiger partial charge in [0.1, 0.15) is 21.4 Å². The summed E-state index contributed by atoms with van der Waals surface area (Å²) in [6.45, 7) is 0.301. The number of sulfonamides is 2. The molecule has 6 nitrogen and oxygen atoms in total. The fourth-order valence-electron chi connectivity index (χ4n) is 2.50. The van der Waals surface area contributed by atoms with Gasteiger partial charge in [-0.25, -0.2) is 35.1 Å². The number of hydrogen-bond acceptors (Lipinski definition) is 4. The standard InChI is InChI=1S/C18H22F2N2O4S2/c19-15-9-3-5-11-17(15)27(23,24)21-13-7-1-2-8-14-22-28(25,26)18-12-6-4-10-16(18)20/h3-6,9-12,21-22H,1-2,7-8,13-14H2. The van der Waals surface area contributed by atoms with Crippen molar-refractivity contribution in [1.29, 1.82) is 0 Å². The Kier molecular flexibility index (Phi) is 8.05. The van der Waals surface area contributed by atoms with Gasteiger partial charge in [0.05, 0.1) is 0 Å². The largest absolute Gasteiger partial charge is 0.243 e. The number of rotatable bonds is 11. The molecule has 0 bridgehead atoms.